The van der Waals surface area contributed by atoms with Crippen molar-refractivity contribution in [2.75, 3.05) is 0 Å². The SMILES string of the molecule is CCc1nnc(CSc2nc3cc(S(N)(=O)=O)ccc3n2CC)o1. The zero-order chi connectivity index (χ0) is 17.3. The van der Waals surface area contributed by atoms with Crippen LogP contribution in [-0.4, -0.2) is 28.2 Å². The minimum absolute atomic E-state index is 0.0526. The molecule has 0 unspecified atom stereocenters. The molecule has 0 amide bonds. The molecule has 3 aromatic rings. The quantitative estimate of drug-likeness (QED) is 0.662. The molecular weight excluding hydrogens is 350 g/mol. The number of thioether (sulfide) groups is 1. The van der Waals surface area contributed by atoms with E-state index in [9.17, 15) is 8.42 Å². The zero-order valence-electron chi connectivity index (χ0n) is 13.3. The van der Waals surface area contributed by atoms with Gasteiger partial charge in [-0.25, -0.2) is 18.5 Å². The average molecular weight is 367 g/mol. The summed E-state index contributed by atoms with van der Waals surface area (Å²) in [7, 11) is -3.75. The Bertz CT molecular complexity index is 978. The van der Waals surface area contributed by atoms with Gasteiger partial charge in [0.25, 0.3) is 0 Å². The van der Waals surface area contributed by atoms with E-state index in [2.05, 4.69) is 15.2 Å². The second-order valence-electron chi connectivity index (χ2n) is 5.07. The van der Waals surface area contributed by atoms with Crippen LogP contribution in [0.5, 0.6) is 0 Å². The van der Waals surface area contributed by atoms with E-state index in [0.717, 1.165) is 10.7 Å². The molecule has 0 aliphatic carbocycles. The van der Waals surface area contributed by atoms with Gasteiger partial charge in [0.1, 0.15) is 0 Å². The average Bonchev–Trinajstić information content (AvgIpc) is 3.14. The summed E-state index contributed by atoms with van der Waals surface area (Å²) in [5, 5.41) is 13.9. The van der Waals surface area contributed by atoms with Crippen LogP contribution in [0, 0.1) is 0 Å². The van der Waals surface area contributed by atoms with Crippen molar-refractivity contribution >= 4 is 32.8 Å². The van der Waals surface area contributed by atoms with Crippen LogP contribution in [-0.2, 0) is 28.7 Å². The summed E-state index contributed by atoms with van der Waals surface area (Å²) >= 11 is 1.46. The molecule has 0 radical (unpaired) electrons. The van der Waals surface area contributed by atoms with Crippen LogP contribution in [0.1, 0.15) is 25.6 Å². The lowest BCUT2D eigenvalue weighted by Crippen LogP contribution is -2.11. The van der Waals surface area contributed by atoms with E-state index in [-0.39, 0.29) is 4.90 Å². The summed E-state index contributed by atoms with van der Waals surface area (Å²) in [6.45, 7) is 4.66. The molecule has 128 valence electrons. The summed E-state index contributed by atoms with van der Waals surface area (Å²) in [6, 6.07) is 4.70. The molecule has 0 atom stereocenters. The zero-order valence-corrected chi connectivity index (χ0v) is 14.9. The number of imidazole rings is 1. The largest absolute Gasteiger partial charge is 0.424 e. The lowest BCUT2D eigenvalue weighted by Gasteiger charge is -2.04. The molecule has 2 heterocycles. The van der Waals surface area contributed by atoms with Crippen LogP contribution in [0.15, 0.2) is 32.7 Å². The third-order valence-electron chi connectivity index (χ3n) is 3.47. The van der Waals surface area contributed by atoms with Gasteiger partial charge in [0, 0.05) is 13.0 Å². The number of primary sulfonamides is 1. The normalized spacial score (nSPS) is 12.1. The fraction of sp³-hybridized carbons (Fsp3) is 0.357. The number of nitrogens with two attached hydrogens (primary N) is 1. The summed E-state index contributed by atoms with van der Waals surface area (Å²) in [5.41, 5.74) is 1.44. The van der Waals surface area contributed by atoms with E-state index in [1.165, 1.54) is 23.9 Å². The highest BCUT2D eigenvalue weighted by molar-refractivity contribution is 7.98. The van der Waals surface area contributed by atoms with Crippen LogP contribution in [0.25, 0.3) is 11.0 Å². The van der Waals surface area contributed by atoms with Crippen molar-refractivity contribution in [3.63, 3.8) is 0 Å². The third-order valence-corrected chi connectivity index (χ3v) is 5.34. The Labute approximate surface area is 143 Å². The van der Waals surface area contributed by atoms with Crippen LogP contribution >= 0.6 is 11.8 Å². The molecule has 0 aliphatic rings. The Morgan fingerprint density at radius 3 is 2.62 bits per heavy atom. The molecular formula is C14H17N5O3S2. The van der Waals surface area contributed by atoms with Crippen LogP contribution in [0.3, 0.4) is 0 Å². The highest BCUT2D eigenvalue weighted by Gasteiger charge is 2.15. The molecule has 2 N–H and O–H groups in total. The number of sulfonamides is 1. The molecule has 0 bridgehead atoms. The number of hydrogen-bond acceptors (Lipinski definition) is 7. The Morgan fingerprint density at radius 2 is 2.00 bits per heavy atom. The highest BCUT2D eigenvalue weighted by Crippen LogP contribution is 2.27. The number of aromatic nitrogens is 4. The first kappa shape index (κ1) is 16.9. The highest BCUT2D eigenvalue weighted by atomic mass is 32.2. The number of hydrogen-bond donors (Lipinski definition) is 1. The fourth-order valence-corrected chi connectivity index (χ4v) is 3.75. The van der Waals surface area contributed by atoms with Crippen molar-refractivity contribution in [1.29, 1.82) is 0 Å². The van der Waals surface area contributed by atoms with Crippen LogP contribution in [0.4, 0.5) is 0 Å². The first-order valence-corrected chi connectivity index (χ1v) is 9.92. The summed E-state index contributed by atoms with van der Waals surface area (Å²) in [6.07, 6.45) is 0.696. The molecule has 10 heteroatoms. The lowest BCUT2D eigenvalue weighted by molar-refractivity contribution is 0.469. The summed E-state index contributed by atoms with van der Waals surface area (Å²) in [4.78, 5) is 4.57. The number of fused-ring (bicyclic) bond motifs is 1. The van der Waals surface area contributed by atoms with Gasteiger partial charge in [0.05, 0.1) is 21.7 Å². The second-order valence-corrected chi connectivity index (χ2v) is 7.57. The van der Waals surface area contributed by atoms with Crippen molar-refractivity contribution < 1.29 is 12.8 Å². The van der Waals surface area contributed by atoms with E-state index in [1.807, 2.05) is 18.4 Å². The number of rotatable bonds is 6. The number of aryl methyl sites for hydroxylation is 2. The molecule has 0 spiro atoms. The Morgan fingerprint density at radius 1 is 1.25 bits per heavy atom. The maximum absolute atomic E-state index is 11.5. The lowest BCUT2D eigenvalue weighted by atomic mass is 10.3. The number of nitrogens with zero attached hydrogens (tertiary/aromatic N) is 4. The van der Waals surface area contributed by atoms with Gasteiger partial charge in [-0.2, -0.15) is 0 Å². The predicted octanol–water partition coefficient (Wildman–Crippen LogP) is 1.94. The first-order chi connectivity index (χ1) is 11.4. The monoisotopic (exact) mass is 367 g/mol. The molecule has 2 aromatic heterocycles. The minimum Gasteiger partial charge on any atom is -0.424 e. The Kier molecular flexibility index (Phi) is 4.61. The first-order valence-electron chi connectivity index (χ1n) is 7.39. The van der Waals surface area contributed by atoms with Gasteiger partial charge in [-0.1, -0.05) is 18.7 Å². The van der Waals surface area contributed by atoms with Gasteiger partial charge in [-0.15, -0.1) is 10.2 Å². The Balaban J connectivity index is 1.92. The topological polar surface area (TPSA) is 117 Å². The van der Waals surface area contributed by atoms with Crippen molar-refractivity contribution in [3.05, 3.63) is 30.0 Å². The minimum atomic E-state index is -3.75. The van der Waals surface area contributed by atoms with Crippen LogP contribution < -0.4 is 5.14 Å². The van der Waals surface area contributed by atoms with Gasteiger partial charge >= 0.3 is 0 Å². The molecule has 24 heavy (non-hydrogen) atoms. The van der Waals surface area contributed by atoms with Gasteiger partial charge in [0.15, 0.2) is 5.16 Å². The van der Waals surface area contributed by atoms with Gasteiger partial charge in [-0.3, -0.25) is 0 Å². The van der Waals surface area contributed by atoms with Crippen molar-refractivity contribution in [2.45, 2.75) is 42.6 Å². The van der Waals surface area contributed by atoms with Crippen molar-refractivity contribution in [2.24, 2.45) is 5.14 Å². The van der Waals surface area contributed by atoms with Gasteiger partial charge < -0.3 is 8.98 Å². The van der Waals surface area contributed by atoms with Crippen LogP contribution in [0.2, 0.25) is 0 Å². The standard InChI is InChI=1S/C14H17N5O3S2/c1-3-12-17-18-13(22-12)8-23-14-16-10-7-9(24(15,20)21)5-6-11(10)19(14)4-2/h5-7H,3-4,8H2,1-2H3,(H2,15,20,21). The third kappa shape index (κ3) is 3.30. The predicted molar refractivity (Wildman–Crippen MR) is 90.0 cm³/mol. The van der Waals surface area contributed by atoms with E-state index >= 15 is 0 Å². The maximum atomic E-state index is 11.5. The Hall–Kier alpha value is -1.91. The molecule has 0 saturated heterocycles. The molecule has 3 rings (SSSR count). The van der Waals surface area contributed by atoms with E-state index in [4.69, 9.17) is 9.56 Å². The van der Waals surface area contributed by atoms with Gasteiger partial charge in [0.2, 0.25) is 21.8 Å². The summed E-state index contributed by atoms with van der Waals surface area (Å²) < 4.78 is 30.5. The maximum Gasteiger partial charge on any atom is 0.238 e. The van der Waals surface area contributed by atoms with Gasteiger partial charge in [-0.05, 0) is 25.1 Å². The molecule has 8 nitrogen and oxygen atoms in total. The van der Waals surface area contributed by atoms with E-state index in [0.29, 0.717) is 36.0 Å². The molecule has 0 aliphatic heterocycles. The molecule has 0 fully saturated rings. The second kappa shape index (κ2) is 6.54. The van der Waals surface area contributed by atoms with E-state index in [1.54, 1.807) is 6.07 Å². The molecule has 0 saturated carbocycles. The smallest absolute Gasteiger partial charge is 0.238 e. The van der Waals surface area contributed by atoms with Crippen molar-refractivity contribution in [3.8, 4) is 0 Å². The van der Waals surface area contributed by atoms with Crippen molar-refractivity contribution in [1.82, 2.24) is 19.7 Å². The molecule has 1 aromatic carbocycles. The van der Waals surface area contributed by atoms with E-state index < -0.39 is 10.0 Å². The fourth-order valence-electron chi connectivity index (χ4n) is 2.30. The summed E-state index contributed by atoms with van der Waals surface area (Å²) in [5.74, 6) is 1.64. The number of benzene rings is 1.